The molecule has 0 fully saturated rings. The Bertz CT molecular complexity index is 620. The Hall–Kier alpha value is -2.10. The molecule has 4 nitrogen and oxygen atoms in total. The van der Waals surface area contributed by atoms with Crippen LogP contribution in [0.5, 0.6) is 0 Å². The van der Waals surface area contributed by atoms with Crippen molar-refractivity contribution in [1.29, 1.82) is 0 Å². The van der Waals surface area contributed by atoms with Gasteiger partial charge in [0.05, 0.1) is 5.69 Å². The van der Waals surface area contributed by atoms with Crippen molar-refractivity contribution in [3.63, 3.8) is 0 Å². The van der Waals surface area contributed by atoms with Gasteiger partial charge in [-0.25, -0.2) is 0 Å². The number of hydrogen-bond donors (Lipinski definition) is 2. The largest absolute Gasteiger partial charge is 0.384 e. The van der Waals surface area contributed by atoms with Gasteiger partial charge in [0.2, 0.25) is 0 Å². The quantitative estimate of drug-likeness (QED) is 0.764. The fraction of sp³-hybridized carbons (Fsp3) is 0.412. The molecule has 2 aromatic rings. The fourth-order valence-corrected chi connectivity index (χ4v) is 2.43. The summed E-state index contributed by atoms with van der Waals surface area (Å²) < 4.78 is 0. The number of nitrogens with one attached hydrogen (secondary N) is 2. The predicted molar refractivity (Wildman–Crippen MR) is 87.7 cm³/mol. The van der Waals surface area contributed by atoms with Gasteiger partial charge < -0.3 is 10.3 Å². The second-order valence-corrected chi connectivity index (χ2v) is 5.18. The van der Waals surface area contributed by atoms with Crippen LogP contribution in [0.25, 0.3) is 11.3 Å². The van der Waals surface area contributed by atoms with Crippen LogP contribution in [0.4, 0.5) is 5.69 Å². The monoisotopic (exact) mass is 285 g/mol. The molecule has 0 radical (unpaired) electrons. The normalized spacial score (nSPS) is 10.6. The van der Waals surface area contributed by atoms with Gasteiger partial charge in [-0.2, -0.15) is 0 Å². The summed E-state index contributed by atoms with van der Waals surface area (Å²) in [5.74, 6) is 0. The lowest BCUT2D eigenvalue weighted by Gasteiger charge is -2.11. The van der Waals surface area contributed by atoms with Crippen molar-refractivity contribution in [2.24, 2.45) is 0 Å². The molecule has 21 heavy (non-hydrogen) atoms. The third-order valence-corrected chi connectivity index (χ3v) is 3.61. The number of anilines is 1. The van der Waals surface area contributed by atoms with Gasteiger partial charge in [0.15, 0.2) is 0 Å². The van der Waals surface area contributed by atoms with Crippen LogP contribution in [0, 0.1) is 0 Å². The third kappa shape index (κ3) is 3.94. The Morgan fingerprint density at radius 2 is 2.10 bits per heavy atom. The molecule has 0 aliphatic rings. The van der Waals surface area contributed by atoms with E-state index in [4.69, 9.17) is 0 Å². The molecule has 2 rings (SSSR count). The number of H-pyrrole nitrogens is 1. The summed E-state index contributed by atoms with van der Waals surface area (Å²) >= 11 is 0. The van der Waals surface area contributed by atoms with Crippen molar-refractivity contribution in [3.8, 4) is 11.3 Å². The zero-order valence-electron chi connectivity index (χ0n) is 12.8. The van der Waals surface area contributed by atoms with E-state index >= 15 is 0 Å². The van der Waals surface area contributed by atoms with Gasteiger partial charge in [0.25, 0.3) is 5.56 Å². The molecule has 0 aliphatic carbocycles. The van der Waals surface area contributed by atoms with E-state index in [0.29, 0.717) is 5.69 Å². The Labute approximate surface area is 125 Å². The highest BCUT2D eigenvalue weighted by molar-refractivity contribution is 5.66. The van der Waals surface area contributed by atoms with E-state index in [1.807, 2.05) is 24.3 Å². The number of unbranched alkanes of at least 4 members (excludes halogenated alkanes) is 3. The molecule has 2 heterocycles. The Balaban J connectivity index is 2.33. The Morgan fingerprint density at radius 1 is 1.24 bits per heavy atom. The van der Waals surface area contributed by atoms with Crippen molar-refractivity contribution < 1.29 is 0 Å². The highest BCUT2D eigenvalue weighted by atomic mass is 16.1. The van der Waals surface area contributed by atoms with Crippen LogP contribution < -0.4 is 10.9 Å². The fourth-order valence-electron chi connectivity index (χ4n) is 2.43. The van der Waals surface area contributed by atoms with E-state index in [0.717, 1.165) is 29.8 Å². The maximum absolute atomic E-state index is 12.0. The van der Waals surface area contributed by atoms with Gasteiger partial charge in [-0.05, 0) is 31.0 Å². The lowest BCUT2D eigenvalue weighted by atomic mass is 10.0. The first-order valence-electron chi connectivity index (χ1n) is 7.61. The summed E-state index contributed by atoms with van der Waals surface area (Å²) in [5.41, 5.74) is 3.40. The van der Waals surface area contributed by atoms with Crippen LogP contribution in [0.15, 0.2) is 35.3 Å². The molecule has 0 aromatic carbocycles. The number of hydrogen-bond acceptors (Lipinski definition) is 3. The topological polar surface area (TPSA) is 57.8 Å². The molecule has 112 valence electrons. The minimum atomic E-state index is -0.0670. The van der Waals surface area contributed by atoms with Crippen LogP contribution in [0.1, 0.15) is 38.3 Å². The first kappa shape index (κ1) is 15.3. The standard InChI is InChI=1S/C17H23N3O/c1-3-4-5-6-10-15-13(14-9-7-8-11-19-14)12-16(18-2)17(21)20-15/h7-9,11-12,18H,3-6,10H2,1-2H3,(H,20,21). The molecular formula is C17H23N3O. The van der Waals surface area contributed by atoms with Crippen molar-refractivity contribution >= 4 is 5.69 Å². The lowest BCUT2D eigenvalue weighted by molar-refractivity contribution is 0.660. The maximum atomic E-state index is 12.0. The molecule has 0 saturated heterocycles. The van der Waals surface area contributed by atoms with Crippen LogP contribution in [0.3, 0.4) is 0 Å². The van der Waals surface area contributed by atoms with E-state index in [9.17, 15) is 4.79 Å². The third-order valence-electron chi connectivity index (χ3n) is 3.61. The number of aromatic nitrogens is 2. The van der Waals surface area contributed by atoms with Gasteiger partial charge in [-0.15, -0.1) is 0 Å². The number of aryl methyl sites for hydroxylation is 1. The van der Waals surface area contributed by atoms with Gasteiger partial charge in [-0.1, -0.05) is 32.3 Å². The zero-order valence-corrected chi connectivity index (χ0v) is 12.8. The van der Waals surface area contributed by atoms with Crippen molar-refractivity contribution in [2.45, 2.75) is 39.0 Å². The molecule has 2 N–H and O–H groups in total. The highest BCUT2D eigenvalue weighted by Gasteiger charge is 2.10. The van der Waals surface area contributed by atoms with Crippen LogP contribution >= 0.6 is 0 Å². The average molecular weight is 285 g/mol. The van der Waals surface area contributed by atoms with Gasteiger partial charge >= 0.3 is 0 Å². The van der Waals surface area contributed by atoms with Crippen LogP contribution in [-0.4, -0.2) is 17.0 Å². The van der Waals surface area contributed by atoms with E-state index in [1.54, 1.807) is 13.2 Å². The summed E-state index contributed by atoms with van der Waals surface area (Å²) in [6.07, 6.45) is 7.38. The minimum absolute atomic E-state index is 0.0670. The summed E-state index contributed by atoms with van der Waals surface area (Å²) in [7, 11) is 1.76. The van der Waals surface area contributed by atoms with Crippen molar-refractivity contribution in [1.82, 2.24) is 9.97 Å². The van der Waals surface area contributed by atoms with Crippen LogP contribution in [0.2, 0.25) is 0 Å². The molecule has 0 saturated carbocycles. The predicted octanol–water partition coefficient (Wildman–Crippen LogP) is 3.60. The van der Waals surface area contributed by atoms with Gasteiger partial charge in [0.1, 0.15) is 5.69 Å². The van der Waals surface area contributed by atoms with Crippen LogP contribution in [-0.2, 0) is 6.42 Å². The van der Waals surface area contributed by atoms with Gasteiger partial charge in [0, 0.05) is 24.5 Å². The van der Waals surface area contributed by atoms with E-state index < -0.39 is 0 Å². The number of rotatable bonds is 7. The summed E-state index contributed by atoms with van der Waals surface area (Å²) in [5, 5.41) is 2.94. The second-order valence-electron chi connectivity index (χ2n) is 5.18. The minimum Gasteiger partial charge on any atom is -0.384 e. The average Bonchev–Trinajstić information content (AvgIpc) is 2.52. The molecule has 0 aliphatic heterocycles. The molecular weight excluding hydrogens is 262 g/mol. The van der Waals surface area contributed by atoms with Crippen molar-refractivity contribution in [3.05, 3.63) is 46.5 Å². The summed E-state index contributed by atoms with van der Waals surface area (Å²) in [6, 6.07) is 7.74. The molecule has 0 spiro atoms. The Kier molecular flexibility index (Phi) is 5.55. The number of pyridine rings is 2. The van der Waals surface area contributed by atoms with Crippen molar-refractivity contribution in [2.75, 3.05) is 12.4 Å². The van der Waals surface area contributed by atoms with Gasteiger partial charge in [-0.3, -0.25) is 9.78 Å². The molecule has 0 unspecified atom stereocenters. The molecule has 0 atom stereocenters. The molecule has 4 heteroatoms. The summed E-state index contributed by atoms with van der Waals surface area (Å²) in [4.78, 5) is 19.4. The smallest absolute Gasteiger partial charge is 0.271 e. The first-order chi connectivity index (χ1) is 10.3. The summed E-state index contributed by atoms with van der Waals surface area (Å²) in [6.45, 7) is 2.20. The SMILES string of the molecule is CCCCCCc1[nH]c(=O)c(NC)cc1-c1ccccn1. The lowest BCUT2D eigenvalue weighted by Crippen LogP contribution is -2.15. The number of nitrogens with zero attached hydrogens (tertiary/aromatic N) is 1. The second kappa shape index (κ2) is 7.62. The first-order valence-corrected chi connectivity index (χ1v) is 7.61. The highest BCUT2D eigenvalue weighted by Crippen LogP contribution is 2.23. The molecule has 0 bridgehead atoms. The zero-order chi connectivity index (χ0) is 15.1. The van der Waals surface area contributed by atoms with E-state index in [2.05, 4.69) is 22.2 Å². The maximum Gasteiger partial charge on any atom is 0.271 e. The molecule has 2 aromatic heterocycles. The number of aromatic amines is 1. The van der Waals surface area contributed by atoms with E-state index in [1.165, 1.54) is 19.3 Å². The molecule has 0 amide bonds. The Morgan fingerprint density at radius 3 is 2.76 bits per heavy atom. The van der Waals surface area contributed by atoms with E-state index in [-0.39, 0.29) is 5.56 Å².